The molecule has 6 aromatic rings. The van der Waals surface area contributed by atoms with Crippen LogP contribution in [-0.4, -0.2) is 18.5 Å². The van der Waals surface area contributed by atoms with E-state index < -0.39 is 18.5 Å². The fourth-order valence-electron chi connectivity index (χ4n) is 8.14. The largest absolute Gasteiger partial charge is 0.519 e. The van der Waals surface area contributed by atoms with Gasteiger partial charge in [-0.25, -0.2) is 14.4 Å². The zero-order valence-corrected chi connectivity index (χ0v) is 37.9. The first-order valence-electron chi connectivity index (χ1n) is 21.8. The highest BCUT2D eigenvalue weighted by Crippen LogP contribution is 2.46. The van der Waals surface area contributed by atoms with Gasteiger partial charge in [-0.05, 0) is 155 Å². The number of hydrogen-bond donors (Lipinski definition) is 0. The van der Waals surface area contributed by atoms with Crippen molar-refractivity contribution in [3.8, 4) is 45.6 Å². The maximum Gasteiger partial charge on any atom is 0.519 e. The number of carbonyl (C=O) groups is 3. The molecular weight excluding hydrogens is 805 g/mol. The van der Waals surface area contributed by atoms with Crippen molar-refractivity contribution < 1.29 is 42.8 Å². The molecule has 64 heavy (non-hydrogen) atoms. The van der Waals surface area contributed by atoms with Crippen LogP contribution in [0.5, 0.6) is 34.5 Å². The van der Waals surface area contributed by atoms with Crippen LogP contribution in [0.25, 0.3) is 11.1 Å². The van der Waals surface area contributed by atoms with Crippen molar-refractivity contribution in [3.63, 3.8) is 0 Å². The van der Waals surface area contributed by atoms with Gasteiger partial charge in [0.2, 0.25) is 0 Å². The van der Waals surface area contributed by atoms with Crippen molar-refractivity contribution in [2.24, 2.45) is 0 Å². The minimum atomic E-state index is -0.846. The van der Waals surface area contributed by atoms with Crippen LogP contribution in [0.2, 0.25) is 0 Å². The molecule has 9 heteroatoms. The summed E-state index contributed by atoms with van der Waals surface area (Å²) in [6.07, 6.45) is 2.76. The summed E-state index contributed by atoms with van der Waals surface area (Å²) < 4.78 is 33.2. The topological polar surface area (TPSA) is 107 Å². The van der Waals surface area contributed by atoms with Gasteiger partial charge in [0.15, 0.2) is 0 Å². The molecule has 0 aliphatic heterocycles. The third kappa shape index (κ3) is 11.0. The van der Waals surface area contributed by atoms with E-state index in [1.54, 1.807) is 60.7 Å². The molecule has 9 nitrogen and oxygen atoms in total. The number of benzene rings is 6. The second kappa shape index (κ2) is 18.9. The minimum absolute atomic E-state index is 0.00596. The lowest BCUT2D eigenvalue weighted by Crippen LogP contribution is -2.30. The standard InChI is InChI=1S/C55H56O9/c1-36-34-38(12-30-48(36)63-51(57)61-45-24-16-41(17-25-45)54(6,7)8)39-13-31-49(37(2)35-39)64-52(58)62-47-28-20-43(21-29-47)55(32-10-9-11-33-55)42-18-26-46(27-19-42)60-50(56)59-44-22-14-40(15-23-44)53(3,4)5/h12-31,34-35H,9-11,32-33H2,1-8H3. The first-order valence-corrected chi connectivity index (χ1v) is 21.8. The molecule has 0 radical (unpaired) electrons. The molecule has 1 aliphatic rings. The molecular formula is C55H56O9. The minimum Gasteiger partial charge on any atom is -0.395 e. The first kappa shape index (κ1) is 45.2. The zero-order valence-electron chi connectivity index (χ0n) is 37.9. The lowest BCUT2D eigenvalue weighted by Gasteiger charge is -2.38. The van der Waals surface area contributed by atoms with E-state index in [9.17, 15) is 14.4 Å². The predicted molar refractivity (Wildman–Crippen MR) is 248 cm³/mol. The zero-order chi connectivity index (χ0) is 45.6. The normalized spacial score (nSPS) is 13.6. The average molecular weight is 861 g/mol. The van der Waals surface area contributed by atoms with Crippen molar-refractivity contribution >= 4 is 18.5 Å². The summed E-state index contributed by atoms with van der Waals surface area (Å²) in [5.74, 6) is 2.35. The Bertz CT molecular complexity index is 2590. The van der Waals surface area contributed by atoms with E-state index in [4.69, 9.17) is 28.4 Å². The Kier molecular flexibility index (Phi) is 13.3. The number of carbonyl (C=O) groups excluding carboxylic acids is 3. The summed E-state index contributed by atoms with van der Waals surface area (Å²) in [7, 11) is 0. The third-order valence-corrected chi connectivity index (χ3v) is 11.8. The van der Waals surface area contributed by atoms with Crippen molar-refractivity contribution in [3.05, 3.63) is 167 Å². The summed E-state index contributed by atoms with van der Waals surface area (Å²) in [6, 6.07) is 41.1. The Morgan fingerprint density at radius 1 is 0.406 bits per heavy atom. The molecule has 0 heterocycles. The van der Waals surface area contributed by atoms with Gasteiger partial charge in [-0.2, -0.15) is 0 Å². The Labute approximate surface area is 376 Å². The van der Waals surface area contributed by atoms with Crippen molar-refractivity contribution in [2.45, 2.75) is 104 Å². The third-order valence-electron chi connectivity index (χ3n) is 11.8. The van der Waals surface area contributed by atoms with Gasteiger partial charge in [-0.15, -0.1) is 0 Å². The van der Waals surface area contributed by atoms with E-state index in [2.05, 4.69) is 41.5 Å². The number of ether oxygens (including phenoxy) is 6. The number of rotatable bonds is 9. The van der Waals surface area contributed by atoms with E-state index >= 15 is 0 Å². The SMILES string of the molecule is Cc1cc(-c2ccc(OC(=O)Oc3ccc(C4(c5ccc(OC(=O)Oc6ccc(C(C)(C)C)cc6)cc5)CCCCC4)cc3)c(C)c2)ccc1OC(=O)Oc1ccc(C(C)(C)C)cc1. The lowest BCUT2D eigenvalue weighted by molar-refractivity contribution is 0.150. The Morgan fingerprint density at radius 3 is 1.03 bits per heavy atom. The van der Waals surface area contributed by atoms with Gasteiger partial charge >= 0.3 is 18.5 Å². The highest BCUT2D eigenvalue weighted by atomic mass is 16.7. The van der Waals surface area contributed by atoms with Crippen molar-refractivity contribution in [1.82, 2.24) is 0 Å². The quantitative estimate of drug-likeness (QED) is 0.104. The fraction of sp³-hybridized carbons (Fsp3) is 0.291. The van der Waals surface area contributed by atoms with Gasteiger partial charge in [0.25, 0.3) is 0 Å². The Hall–Kier alpha value is -6.87. The maximum atomic E-state index is 13.0. The van der Waals surface area contributed by atoms with Crippen LogP contribution in [0.4, 0.5) is 14.4 Å². The molecule has 7 rings (SSSR count). The van der Waals surface area contributed by atoms with Gasteiger partial charge in [0, 0.05) is 5.41 Å². The van der Waals surface area contributed by atoms with Crippen LogP contribution in [0.3, 0.4) is 0 Å². The van der Waals surface area contributed by atoms with Crippen LogP contribution < -0.4 is 28.4 Å². The van der Waals surface area contributed by atoms with Crippen molar-refractivity contribution in [2.75, 3.05) is 0 Å². The van der Waals surface area contributed by atoms with Gasteiger partial charge in [-0.1, -0.05) is 121 Å². The Balaban J connectivity index is 0.939. The molecule has 1 aliphatic carbocycles. The van der Waals surface area contributed by atoms with Gasteiger partial charge < -0.3 is 28.4 Å². The highest BCUT2D eigenvalue weighted by Gasteiger charge is 2.36. The maximum absolute atomic E-state index is 13.0. The fourth-order valence-corrected chi connectivity index (χ4v) is 8.14. The smallest absolute Gasteiger partial charge is 0.395 e. The van der Waals surface area contributed by atoms with E-state index in [-0.39, 0.29) is 16.2 Å². The summed E-state index contributed by atoms with van der Waals surface area (Å²) in [6.45, 7) is 16.5. The molecule has 0 aromatic heterocycles. The molecule has 330 valence electrons. The van der Waals surface area contributed by atoms with Gasteiger partial charge in [-0.3, -0.25) is 0 Å². The summed E-state index contributed by atoms with van der Waals surface area (Å²) in [5.41, 5.74) is 7.52. The monoisotopic (exact) mass is 860 g/mol. The van der Waals surface area contributed by atoms with Gasteiger partial charge in [0.1, 0.15) is 34.5 Å². The van der Waals surface area contributed by atoms with Crippen LogP contribution in [-0.2, 0) is 16.2 Å². The van der Waals surface area contributed by atoms with Crippen molar-refractivity contribution in [1.29, 1.82) is 0 Å². The average Bonchev–Trinajstić information content (AvgIpc) is 3.25. The molecule has 0 atom stereocenters. The second-order valence-electron chi connectivity index (χ2n) is 18.6. The molecule has 0 unspecified atom stereocenters. The van der Waals surface area contributed by atoms with Gasteiger partial charge in [0.05, 0.1) is 0 Å². The summed E-state index contributed by atoms with van der Waals surface area (Å²) >= 11 is 0. The van der Waals surface area contributed by atoms with Crippen LogP contribution in [0.1, 0.15) is 107 Å². The van der Waals surface area contributed by atoms with Crippen LogP contribution in [0, 0.1) is 13.8 Å². The molecule has 0 spiro atoms. The first-order chi connectivity index (χ1) is 30.4. The lowest BCUT2D eigenvalue weighted by atomic mass is 9.65. The molecule has 6 aromatic carbocycles. The Morgan fingerprint density at radius 2 is 0.719 bits per heavy atom. The van der Waals surface area contributed by atoms with E-state index in [0.717, 1.165) is 76.6 Å². The number of hydrogen-bond acceptors (Lipinski definition) is 9. The summed E-state index contributed by atoms with van der Waals surface area (Å²) in [5, 5.41) is 0. The molecule has 0 bridgehead atoms. The molecule has 0 amide bonds. The predicted octanol–water partition coefficient (Wildman–Crippen LogP) is 14.5. The summed E-state index contributed by atoms with van der Waals surface area (Å²) in [4.78, 5) is 38.2. The van der Waals surface area contributed by atoms with Crippen LogP contribution >= 0.6 is 0 Å². The molecule has 1 saturated carbocycles. The molecule has 0 saturated heterocycles. The molecule has 0 N–H and O–H groups in total. The van der Waals surface area contributed by atoms with E-state index in [1.807, 2.05) is 86.6 Å². The highest BCUT2D eigenvalue weighted by molar-refractivity contribution is 5.73. The van der Waals surface area contributed by atoms with Crippen LogP contribution in [0.15, 0.2) is 133 Å². The van der Waals surface area contributed by atoms with E-state index in [0.29, 0.717) is 34.5 Å². The van der Waals surface area contributed by atoms with E-state index in [1.165, 1.54) is 0 Å². The second-order valence-corrected chi connectivity index (χ2v) is 18.6. The number of aryl methyl sites for hydroxylation is 2. The molecule has 1 fully saturated rings.